The first-order chi connectivity index (χ1) is 9.43. The minimum absolute atomic E-state index is 0.627. The fourth-order valence-electron chi connectivity index (χ4n) is 2.40. The zero-order chi connectivity index (χ0) is 14.9. The number of aliphatic hydroxyl groups excluding tert-OH is 1. The van der Waals surface area contributed by atoms with Crippen molar-refractivity contribution in [3.8, 4) is 5.75 Å². The van der Waals surface area contributed by atoms with E-state index >= 15 is 0 Å². The summed E-state index contributed by atoms with van der Waals surface area (Å²) in [4.78, 5) is 0. The molecule has 0 spiro atoms. The molecule has 0 aromatic heterocycles. The molecule has 2 aromatic rings. The zero-order valence-corrected chi connectivity index (χ0v) is 13.0. The predicted octanol–water partition coefficient (Wildman–Crippen LogP) is 4.36. The molecule has 0 saturated carbocycles. The van der Waals surface area contributed by atoms with Crippen LogP contribution in [-0.4, -0.2) is 12.2 Å². The number of methoxy groups -OCH3 is 1. The van der Waals surface area contributed by atoms with Gasteiger partial charge in [0.05, 0.1) is 7.11 Å². The van der Waals surface area contributed by atoms with Crippen LogP contribution < -0.4 is 4.74 Å². The maximum Gasteiger partial charge on any atom is 0.128 e. The van der Waals surface area contributed by atoms with E-state index in [1.165, 1.54) is 0 Å². The van der Waals surface area contributed by atoms with Crippen LogP contribution in [0, 0.1) is 20.8 Å². The first-order valence-electron chi connectivity index (χ1n) is 6.53. The first-order valence-corrected chi connectivity index (χ1v) is 6.91. The zero-order valence-electron chi connectivity index (χ0n) is 12.2. The molecule has 0 bridgehead atoms. The van der Waals surface area contributed by atoms with Crippen molar-refractivity contribution in [1.29, 1.82) is 0 Å². The summed E-state index contributed by atoms with van der Waals surface area (Å²) >= 11 is 6.07. The highest BCUT2D eigenvalue weighted by Gasteiger charge is 2.18. The van der Waals surface area contributed by atoms with Crippen molar-refractivity contribution in [2.75, 3.05) is 7.11 Å². The normalized spacial score (nSPS) is 12.3. The van der Waals surface area contributed by atoms with E-state index < -0.39 is 6.10 Å². The highest BCUT2D eigenvalue weighted by molar-refractivity contribution is 6.30. The van der Waals surface area contributed by atoms with E-state index in [1.807, 2.05) is 45.0 Å². The van der Waals surface area contributed by atoms with Crippen molar-refractivity contribution in [2.45, 2.75) is 26.9 Å². The van der Waals surface area contributed by atoms with Gasteiger partial charge in [-0.25, -0.2) is 0 Å². The molecule has 1 unspecified atom stereocenters. The van der Waals surface area contributed by atoms with E-state index in [2.05, 4.69) is 0 Å². The molecule has 1 N–H and O–H groups in total. The van der Waals surface area contributed by atoms with E-state index in [1.54, 1.807) is 13.2 Å². The van der Waals surface area contributed by atoms with E-state index in [9.17, 15) is 5.11 Å². The number of benzene rings is 2. The summed E-state index contributed by atoms with van der Waals surface area (Å²) in [6.07, 6.45) is -0.748. The third-order valence-electron chi connectivity index (χ3n) is 3.59. The number of aliphatic hydroxyl groups is 1. The second kappa shape index (κ2) is 5.86. The average Bonchev–Trinajstić information content (AvgIpc) is 2.39. The topological polar surface area (TPSA) is 29.5 Å². The fourth-order valence-corrected chi connectivity index (χ4v) is 2.70. The van der Waals surface area contributed by atoms with Crippen molar-refractivity contribution in [3.63, 3.8) is 0 Å². The van der Waals surface area contributed by atoms with Crippen LogP contribution in [-0.2, 0) is 0 Å². The molecule has 106 valence electrons. The Morgan fingerprint density at radius 1 is 1.10 bits per heavy atom. The minimum Gasteiger partial charge on any atom is -0.496 e. The molecule has 0 amide bonds. The smallest absolute Gasteiger partial charge is 0.128 e. The van der Waals surface area contributed by atoms with Gasteiger partial charge in [-0.15, -0.1) is 0 Å². The van der Waals surface area contributed by atoms with Crippen LogP contribution in [0.15, 0.2) is 30.3 Å². The van der Waals surface area contributed by atoms with E-state index in [0.717, 1.165) is 33.6 Å². The lowest BCUT2D eigenvalue weighted by molar-refractivity contribution is 0.214. The number of aryl methyl sites for hydroxylation is 2. The van der Waals surface area contributed by atoms with Gasteiger partial charge in [-0.2, -0.15) is 0 Å². The lowest BCUT2D eigenvalue weighted by Gasteiger charge is -2.19. The van der Waals surface area contributed by atoms with Crippen LogP contribution in [0.1, 0.15) is 33.9 Å². The van der Waals surface area contributed by atoms with Gasteiger partial charge in [0, 0.05) is 10.6 Å². The Bertz CT molecular complexity index is 615. The van der Waals surface area contributed by atoms with Crippen molar-refractivity contribution in [1.82, 2.24) is 0 Å². The average molecular weight is 291 g/mol. The van der Waals surface area contributed by atoms with Crippen LogP contribution in [0.25, 0.3) is 0 Å². The lowest BCUT2D eigenvalue weighted by Crippen LogP contribution is -2.05. The molecule has 0 radical (unpaired) electrons. The van der Waals surface area contributed by atoms with Gasteiger partial charge >= 0.3 is 0 Å². The number of rotatable bonds is 3. The van der Waals surface area contributed by atoms with Gasteiger partial charge in [-0.3, -0.25) is 0 Å². The Morgan fingerprint density at radius 2 is 1.80 bits per heavy atom. The Kier molecular flexibility index (Phi) is 4.36. The molecule has 2 rings (SSSR count). The summed E-state index contributed by atoms with van der Waals surface area (Å²) in [5.74, 6) is 0.732. The second-order valence-corrected chi connectivity index (χ2v) is 5.53. The standard InChI is InChI=1S/C17H19ClO2/c1-10-7-13(9-14(18)8-10)16(19)15-6-5-11(2)12(3)17(15)20-4/h5-9,16,19H,1-4H3. The molecule has 3 heteroatoms. The van der Waals surface area contributed by atoms with Gasteiger partial charge in [-0.05, 0) is 55.2 Å². The Labute approximate surface area is 125 Å². The van der Waals surface area contributed by atoms with Crippen LogP contribution in [0.4, 0.5) is 0 Å². The highest BCUT2D eigenvalue weighted by Crippen LogP contribution is 2.35. The maximum atomic E-state index is 10.6. The molecule has 20 heavy (non-hydrogen) atoms. The molecule has 0 saturated heterocycles. The van der Waals surface area contributed by atoms with Gasteiger partial charge in [0.15, 0.2) is 0 Å². The summed E-state index contributed by atoms with van der Waals surface area (Å²) in [7, 11) is 1.63. The number of hydrogen-bond acceptors (Lipinski definition) is 2. The highest BCUT2D eigenvalue weighted by atomic mass is 35.5. The van der Waals surface area contributed by atoms with Crippen LogP contribution in [0.2, 0.25) is 5.02 Å². The summed E-state index contributed by atoms with van der Waals surface area (Å²) in [5, 5.41) is 11.3. The number of ether oxygens (including phenoxy) is 1. The van der Waals surface area contributed by atoms with E-state index in [4.69, 9.17) is 16.3 Å². The summed E-state index contributed by atoms with van der Waals surface area (Å²) < 4.78 is 5.47. The fraction of sp³-hybridized carbons (Fsp3) is 0.294. The molecule has 0 fully saturated rings. The molecular formula is C17H19ClO2. The molecular weight excluding hydrogens is 272 g/mol. The third-order valence-corrected chi connectivity index (χ3v) is 3.80. The summed E-state index contributed by atoms with van der Waals surface area (Å²) in [6.45, 7) is 5.98. The van der Waals surface area contributed by atoms with E-state index in [0.29, 0.717) is 5.02 Å². The number of halogens is 1. The molecule has 0 aliphatic carbocycles. The summed E-state index contributed by atoms with van der Waals surface area (Å²) in [5.41, 5.74) is 4.74. The van der Waals surface area contributed by atoms with Gasteiger partial charge in [0.25, 0.3) is 0 Å². The van der Waals surface area contributed by atoms with Gasteiger partial charge < -0.3 is 9.84 Å². The van der Waals surface area contributed by atoms with Crippen LogP contribution >= 0.6 is 11.6 Å². The maximum absolute atomic E-state index is 10.6. The summed E-state index contributed by atoms with van der Waals surface area (Å²) in [6, 6.07) is 9.49. The molecule has 2 aromatic carbocycles. The molecule has 0 heterocycles. The monoisotopic (exact) mass is 290 g/mol. The van der Waals surface area contributed by atoms with Gasteiger partial charge in [-0.1, -0.05) is 29.8 Å². The lowest BCUT2D eigenvalue weighted by atomic mass is 9.95. The third kappa shape index (κ3) is 2.82. The Hall–Kier alpha value is -1.51. The van der Waals surface area contributed by atoms with Crippen molar-refractivity contribution >= 4 is 11.6 Å². The SMILES string of the molecule is COc1c(C(O)c2cc(C)cc(Cl)c2)ccc(C)c1C. The van der Waals surface area contributed by atoms with Gasteiger partial charge in [0.1, 0.15) is 11.9 Å². The predicted molar refractivity (Wildman–Crippen MR) is 82.7 cm³/mol. The van der Waals surface area contributed by atoms with Crippen molar-refractivity contribution in [2.24, 2.45) is 0 Å². The molecule has 2 nitrogen and oxygen atoms in total. The molecule has 0 aliphatic heterocycles. The van der Waals surface area contributed by atoms with E-state index in [-0.39, 0.29) is 0 Å². The molecule has 0 aliphatic rings. The first kappa shape index (κ1) is 14.9. The van der Waals surface area contributed by atoms with Crippen molar-refractivity contribution in [3.05, 3.63) is 63.2 Å². The minimum atomic E-state index is -0.748. The van der Waals surface area contributed by atoms with Crippen LogP contribution in [0.5, 0.6) is 5.75 Å². The quantitative estimate of drug-likeness (QED) is 0.910. The largest absolute Gasteiger partial charge is 0.496 e. The number of hydrogen-bond donors (Lipinski definition) is 1. The Balaban J connectivity index is 2.53. The van der Waals surface area contributed by atoms with Crippen LogP contribution in [0.3, 0.4) is 0 Å². The second-order valence-electron chi connectivity index (χ2n) is 5.09. The van der Waals surface area contributed by atoms with Gasteiger partial charge in [0.2, 0.25) is 0 Å². The molecule has 1 atom stereocenters. The van der Waals surface area contributed by atoms with Crippen molar-refractivity contribution < 1.29 is 9.84 Å². The Morgan fingerprint density at radius 3 is 2.40 bits per heavy atom.